The predicted octanol–water partition coefficient (Wildman–Crippen LogP) is 0.523. The van der Waals surface area contributed by atoms with Crippen LogP contribution in [0.25, 0.3) is 0 Å². The molecule has 1 saturated heterocycles. The first-order valence-corrected chi connectivity index (χ1v) is 9.90. The van der Waals surface area contributed by atoms with Crippen LogP contribution in [-0.4, -0.2) is 74.2 Å². The second kappa shape index (κ2) is 8.55. The van der Waals surface area contributed by atoms with Crippen molar-refractivity contribution in [3.8, 4) is 0 Å². The number of ether oxygens (including phenoxy) is 1. The molecule has 0 aliphatic carbocycles. The monoisotopic (exact) mass is 355 g/mol. The maximum atomic E-state index is 12.4. The second-order valence-electron chi connectivity index (χ2n) is 6.11. The maximum Gasteiger partial charge on any atom is 0.237 e. The SMILES string of the molecule is CN(CCc1ccncc1)C(=O)CN(CC1CCCO1)S(C)(=O)=O. The first kappa shape index (κ1) is 18.8. The molecule has 1 aromatic heterocycles. The second-order valence-corrected chi connectivity index (χ2v) is 8.09. The number of amides is 1. The van der Waals surface area contributed by atoms with E-state index in [-0.39, 0.29) is 25.1 Å². The zero-order chi connectivity index (χ0) is 17.6. The third-order valence-electron chi connectivity index (χ3n) is 4.12. The largest absolute Gasteiger partial charge is 0.377 e. The Labute approximate surface area is 143 Å². The summed E-state index contributed by atoms with van der Waals surface area (Å²) in [5.41, 5.74) is 1.09. The quantitative estimate of drug-likeness (QED) is 0.679. The van der Waals surface area contributed by atoms with Gasteiger partial charge in [0.2, 0.25) is 15.9 Å². The van der Waals surface area contributed by atoms with Gasteiger partial charge in [-0.05, 0) is 37.0 Å². The average molecular weight is 355 g/mol. The third kappa shape index (κ3) is 5.85. The first-order valence-electron chi connectivity index (χ1n) is 8.06. The summed E-state index contributed by atoms with van der Waals surface area (Å²) in [4.78, 5) is 17.9. The van der Waals surface area contributed by atoms with Crippen molar-refractivity contribution in [2.45, 2.75) is 25.4 Å². The summed E-state index contributed by atoms with van der Waals surface area (Å²) in [6, 6.07) is 3.80. The number of rotatable bonds is 8. The van der Waals surface area contributed by atoms with Gasteiger partial charge in [-0.15, -0.1) is 0 Å². The van der Waals surface area contributed by atoms with Gasteiger partial charge in [0.25, 0.3) is 0 Å². The molecular weight excluding hydrogens is 330 g/mol. The van der Waals surface area contributed by atoms with E-state index < -0.39 is 10.0 Å². The summed E-state index contributed by atoms with van der Waals surface area (Å²) in [7, 11) is -1.76. The van der Waals surface area contributed by atoms with Gasteiger partial charge < -0.3 is 9.64 Å². The number of likely N-dealkylation sites (N-methyl/N-ethyl adjacent to an activating group) is 1. The number of carbonyl (C=O) groups excluding carboxylic acids is 1. The van der Waals surface area contributed by atoms with Crippen molar-refractivity contribution in [2.24, 2.45) is 0 Å². The Morgan fingerprint density at radius 3 is 2.67 bits per heavy atom. The molecule has 1 aliphatic rings. The Kier molecular flexibility index (Phi) is 6.70. The lowest BCUT2D eigenvalue weighted by atomic mass is 10.2. The summed E-state index contributed by atoms with van der Waals surface area (Å²) >= 11 is 0. The van der Waals surface area contributed by atoms with Crippen LogP contribution in [0.4, 0.5) is 0 Å². The van der Waals surface area contributed by atoms with E-state index in [0.29, 0.717) is 19.6 Å². The molecule has 134 valence electrons. The molecule has 0 radical (unpaired) electrons. The van der Waals surface area contributed by atoms with E-state index in [4.69, 9.17) is 4.74 Å². The number of sulfonamides is 1. The van der Waals surface area contributed by atoms with Crippen LogP contribution >= 0.6 is 0 Å². The molecule has 1 aliphatic heterocycles. The zero-order valence-corrected chi connectivity index (χ0v) is 15.0. The molecule has 2 heterocycles. The molecule has 0 spiro atoms. The van der Waals surface area contributed by atoms with E-state index in [1.54, 1.807) is 24.3 Å². The Hall–Kier alpha value is -1.51. The standard InChI is InChI=1S/C16H25N3O4S/c1-18(10-7-14-5-8-17-9-6-14)16(20)13-19(24(2,21)22)12-15-4-3-11-23-15/h5-6,8-9,15H,3-4,7,10-13H2,1-2H3. The van der Waals surface area contributed by atoms with Gasteiger partial charge in [0.15, 0.2) is 0 Å². The summed E-state index contributed by atoms with van der Waals surface area (Å²) < 4.78 is 30.6. The molecule has 24 heavy (non-hydrogen) atoms. The molecule has 0 N–H and O–H groups in total. The van der Waals surface area contributed by atoms with Crippen LogP contribution in [0.15, 0.2) is 24.5 Å². The molecule has 0 bridgehead atoms. The topological polar surface area (TPSA) is 79.8 Å². The Bertz CT molecular complexity index is 630. The van der Waals surface area contributed by atoms with Crippen molar-refractivity contribution >= 4 is 15.9 Å². The zero-order valence-electron chi connectivity index (χ0n) is 14.2. The maximum absolute atomic E-state index is 12.4. The van der Waals surface area contributed by atoms with Crippen LogP contribution in [0.1, 0.15) is 18.4 Å². The van der Waals surface area contributed by atoms with E-state index >= 15 is 0 Å². The van der Waals surface area contributed by atoms with Crippen molar-refractivity contribution in [3.63, 3.8) is 0 Å². The number of carbonyl (C=O) groups is 1. The van der Waals surface area contributed by atoms with E-state index in [1.807, 2.05) is 12.1 Å². The minimum absolute atomic E-state index is 0.116. The van der Waals surface area contributed by atoms with Crippen LogP contribution in [0.3, 0.4) is 0 Å². The predicted molar refractivity (Wildman–Crippen MR) is 91.0 cm³/mol. The summed E-state index contributed by atoms with van der Waals surface area (Å²) in [6.45, 7) is 1.27. The lowest BCUT2D eigenvalue weighted by molar-refractivity contribution is -0.130. The molecule has 1 unspecified atom stereocenters. The Morgan fingerprint density at radius 2 is 2.08 bits per heavy atom. The van der Waals surface area contributed by atoms with Gasteiger partial charge in [-0.3, -0.25) is 9.78 Å². The van der Waals surface area contributed by atoms with Crippen molar-refractivity contribution in [1.29, 1.82) is 0 Å². The molecule has 1 aromatic rings. The molecular formula is C16H25N3O4S. The van der Waals surface area contributed by atoms with Crippen LogP contribution in [0, 0.1) is 0 Å². The number of aromatic nitrogens is 1. The Balaban J connectivity index is 1.88. The van der Waals surface area contributed by atoms with Gasteiger partial charge in [0.05, 0.1) is 18.9 Å². The van der Waals surface area contributed by atoms with Crippen LogP contribution in [0.5, 0.6) is 0 Å². The summed E-state index contributed by atoms with van der Waals surface area (Å²) in [6.07, 6.45) is 6.91. The lowest BCUT2D eigenvalue weighted by Gasteiger charge is -2.25. The minimum atomic E-state index is -3.45. The van der Waals surface area contributed by atoms with Gasteiger partial charge >= 0.3 is 0 Å². The summed E-state index contributed by atoms with van der Waals surface area (Å²) in [5, 5.41) is 0. The van der Waals surface area contributed by atoms with Gasteiger partial charge in [0.1, 0.15) is 0 Å². The van der Waals surface area contributed by atoms with Crippen molar-refractivity contribution in [2.75, 3.05) is 39.5 Å². The average Bonchev–Trinajstić information content (AvgIpc) is 3.05. The minimum Gasteiger partial charge on any atom is -0.377 e. The highest BCUT2D eigenvalue weighted by molar-refractivity contribution is 7.88. The van der Waals surface area contributed by atoms with E-state index in [9.17, 15) is 13.2 Å². The smallest absolute Gasteiger partial charge is 0.237 e. The van der Waals surface area contributed by atoms with Gasteiger partial charge in [0, 0.05) is 39.1 Å². The van der Waals surface area contributed by atoms with Crippen molar-refractivity contribution in [1.82, 2.24) is 14.2 Å². The molecule has 1 amide bonds. The first-order chi connectivity index (χ1) is 11.4. The van der Waals surface area contributed by atoms with Gasteiger partial charge in [-0.25, -0.2) is 8.42 Å². The number of nitrogens with zero attached hydrogens (tertiary/aromatic N) is 3. The highest BCUT2D eigenvalue weighted by Crippen LogP contribution is 2.15. The molecule has 1 atom stereocenters. The normalized spacial score (nSPS) is 18.0. The fourth-order valence-electron chi connectivity index (χ4n) is 2.58. The number of pyridine rings is 1. The van der Waals surface area contributed by atoms with Gasteiger partial charge in [-0.2, -0.15) is 4.31 Å². The highest BCUT2D eigenvalue weighted by atomic mass is 32.2. The van der Waals surface area contributed by atoms with Crippen molar-refractivity contribution < 1.29 is 17.9 Å². The molecule has 2 rings (SSSR count). The van der Waals surface area contributed by atoms with E-state index in [0.717, 1.165) is 24.7 Å². The molecule has 0 aromatic carbocycles. The molecule has 1 fully saturated rings. The Morgan fingerprint density at radius 1 is 1.38 bits per heavy atom. The third-order valence-corrected chi connectivity index (χ3v) is 5.34. The summed E-state index contributed by atoms with van der Waals surface area (Å²) in [5.74, 6) is -0.215. The van der Waals surface area contributed by atoms with Crippen LogP contribution in [-0.2, 0) is 26.0 Å². The molecule has 0 saturated carbocycles. The lowest BCUT2D eigenvalue weighted by Crippen LogP contribution is -2.44. The van der Waals surface area contributed by atoms with Crippen molar-refractivity contribution in [3.05, 3.63) is 30.1 Å². The number of hydrogen-bond acceptors (Lipinski definition) is 5. The molecule has 8 heteroatoms. The van der Waals surface area contributed by atoms with Crippen LogP contribution < -0.4 is 0 Å². The fourth-order valence-corrected chi connectivity index (χ4v) is 3.36. The fraction of sp³-hybridized carbons (Fsp3) is 0.625. The highest BCUT2D eigenvalue weighted by Gasteiger charge is 2.27. The molecule has 7 nitrogen and oxygen atoms in total. The van der Waals surface area contributed by atoms with E-state index in [1.165, 1.54) is 4.31 Å². The van der Waals surface area contributed by atoms with Gasteiger partial charge in [-0.1, -0.05) is 0 Å². The van der Waals surface area contributed by atoms with Crippen LogP contribution in [0.2, 0.25) is 0 Å². The number of hydrogen-bond donors (Lipinski definition) is 0. The van der Waals surface area contributed by atoms with E-state index in [2.05, 4.69) is 4.98 Å².